The van der Waals surface area contributed by atoms with Crippen LogP contribution in [0.2, 0.25) is 0 Å². The van der Waals surface area contributed by atoms with Crippen molar-refractivity contribution >= 4 is 18.0 Å². The van der Waals surface area contributed by atoms with E-state index in [-0.39, 0.29) is 12.0 Å². The Kier molecular flexibility index (Phi) is 8.05. The average Bonchev–Trinajstić information content (AvgIpc) is 2.52. The van der Waals surface area contributed by atoms with Gasteiger partial charge in [-0.15, -0.1) is 0 Å². The van der Waals surface area contributed by atoms with Crippen molar-refractivity contribution in [2.75, 3.05) is 0 Å². The summed E-state index contributed by atoms with van der Waals surface area (Å²) in [5.74, 6) is -1.10. The van der Waals surface area contributed by atoms with E-state index < -0.39 is 35.7 Å². The SMILES string of the molecule is C[C@H](NC(=O)[C@H](Cc1ccc(OC(C)(C)C)cc1)NC(=O)OC(C)(C)C)C(=O)O. The molecule has 0 spiro atoms. The maximum atomic E-state index is 12.5. The van der Waals surface area contributed by atoms with Gasteiger partial charge in [-0.3, -0.25) is 9.59 Å². The topological polar surface area (TPSA) is 114 Å². The van der Waals surface area contributed by atoms with Crippen LogP contribution in [0.1, 0.15) is 54.0 Å². The molecule has 0 heterocycles. The summed E-state index contributed by atoms with van der Waals surface area (Å²) in [6.45, 7) is 12.3. The zero-order valence-corrected chi connectivity index (χ0v) is 18.2. The van der Waals surface area contributed by atoms with Gasteiger partial charge in [-0.1, -0.05) is 12.1 Å². The molecule has 0 radical (unpaired) electrons. The fraction of sp³-hybridized carbons (Fsp3) is 0.571. The van der Waals surface area contributed by atoms with Crippen molar-refractivity contribution in [1.82, 2.24) is 10.6 Å². The standard InChI is InChI=1S/C21H32N2O6/c1-13(18(25)26)22-17(24)16(23-19(27)29-21(5,6)7)12-14-8-10-15(11-9-14)28-20(2,3)4/h8-11,13,16H,12H2,1-7H3,(H,22,24)(H,23,27)(H,25,26)/t13-,16-/m0/s1. The van der Waals surface area contributed by atoms with Crippen LogP contribution in [-0.4, -0.2) is 46.4 Å². The molecule has 0 saturated carbocycles. The minimum absolute atomic E-state index is 0.160. The third-order valence-corrected chi connectivity index (χ3v) is 3.52. The smallest absolute Gasteiger partial charge is 0.408 e. The lowest BCUT2D eigenvalue weighted by molar-refractivity contribution is -0.141. The van der Waals surface area contributed by atoms with Gasteiger partial charge >= 0.3 is 12.1 Å². The second-order valence-electron chi connectivity index (χ2n) is 8.83. The average molecular weight is 408 g/mol. The van der Waals surface area contributed by atoms with Crippen LogP contribution < -0.4 is 15.4 Å². The van der Waals surface area contributed by atoms with E-state index in [1.165, 1.54) is 6.92 Å². The Hall–Kier alpha value is -2.77. The molecular formula is C21H32N2O6. The molecule has 2 amide bonds. The third kappa shape index (κ3) is 9.82. The summed E-state index contributed by atoms with van der Waals surface area (Å²) in [7, 11) is 0. The lowest BCUT2D eigenvalue weighted by Gasteiger charge is -2.24. The number of carboxylic acids is 1. The number of carbonyl (C=O) groups excluding carboxylic acids is 2. The molecule has 1 aromatic rings. The number of ether oxygens (including phenoxy) is 2. The molecule has 0 aliphatic carbocycles. The molecule has 162 valence electrons. The molecular weight excluding hydrogens is 376 g/mol. The first-order valence-corrected chi connectivity index (χ1v) is 9.47. The molecule has 2 atom stereocenters. The van der Waals surface area contributed by atoms with Gasteiger partial charge in [0.25, 0.3) is 0 Å². The zero-order valence-electron chi connectivity index (χ0n) is 18.2. The monoisotopic (exact) mass is 408 g/mol. The Morgan fingerprint density at radius 1 is 0.966 bits per heavy atom. The van der Waals surface area contributed by atoms with Crippen LogP contribution in [0.15, 0.2) is 24.3 Å². The molecule has 8 nitrogen and oxygen atoms in total. The molecule has 0 aromatic heterocycles. The molecule has 0 aliphatic heterocycles. The van der Waals surface area contributed by atoms with Crippen molar-refractivity contribution in [3.8, 4) is 5.75 Å². The minimum Gasteiger partial charge on any atom is -0.488 e. The maximum Gasteiger partial charge on any atom is 0.408 e. The van der Waals surface area contributed by atoms with Crippen molar-refractivity contribution in [2.24, 2.45) is 0 Å². The van der Waals surface area contributed by atoms with E-state index in [9.17, 15) is 14.4 Å². The van der Waals surface area contributed by atoms with Gasteiger partial charge in [0.2, 0.25) is 5.91 Å². The molecule has 0 unspecified atom stereocenters. The zero-order chi connectivity index (χ0) is 22.4. The normalized spacial score (nSPS) is 13.8. The van der Waals surface area contributed by atoms with Gasteiger partial charge in [-0.25, -0.2) is 4.79 Å². The van der Waals surface area contributed by atoms with Crippen LogP contribution in [-0.2, 0) is 20.7 Å². The van der Waals surface area contributed by atoms with Gasteiger partial charge in [-0.2, -0.15) is 0 Å². The molecule has 8 heteroatoms. The molecule has 0 saturated heterocycles. The highest BCUT2D eigenvalue weighted by molar-refractivity contribution is 5.89. The molecule has 0 fully saturated rings. The highest BCUT2D eigenvalue weighted by Crippen LogP contribution is 2.19. The van der Waals surface area contributed by atoms with E-state index in [4.69, 9.17) is 14.6 Å². The molecule has 29 heavy (non-hydrogen) atoms. The number of carboxylic acid groups (broad SMARTS) is 1. The first-order valence-electron chi connectivity index (χ1n) is 9.47. The summed E-state index contributed by atoms with van der Waals surface area (Å²) in [6.07, 6.45) is -0.596. The second kappa shape index (κ2) is 9.62. The van der Waals surface area contributed by atoms with Gasteiger partial charge in [0.15, 0.2) is 0 Å². The van der Waals surface area contributed by atoms with Crippen LogP contribution in [0.5, 0.6) is 5.75 Å². The second-order valence-corrected chi connectivity index (χ2v) is 8.83. The van der Waals surface area contributed by atoms with Gasteiger partial charge in [0, 0.05) is 6.42 Å². The van der Waals surface area contributed by atoms with Gasteiger partial charge in [0.1, 0.15) is 29.0 Å². The summed E-state index contributed by atoms with van der Waals surface area (Å²) in [5.41, 5.74) is -0.300. The van der Waals surface area contributed by atoms with E-state index in [0.29, 0.717) is 5.75 Å². The molecule has 1 aromatic carbocycles. The molecule has 1 rings (SSSR count). The number of carbonyl (C=O) groups is 3. The quantitative estimate of drug-likeness (QED) is 0.639. The van der Waals surface area contributed by atoms with Crippen LogP contribution in [0.3, 0.4) is 0 Å². The summed E-state index contributed by atoms with van der Waals surface area (Å²) in [5, 5.41) is 13.9. The first-order chi connectivity index (χ1) is 13.2. The van der Waals surface area contributed by atoms with Crippen LogP contribution >= 0.6 is 0 Å². The van der Waals surface area contributed by atoms with Gasteiger partial charge < -0.3 is 25.2 Å². The molecule has 0 aliphatic rings. The largest absolute Gasteiger partial charge is 0.488 e. The molecule has 0 bridgehead atoms. The van der Waals surface area contributed by atoms with E-state index in [0.717, 1.165) is 5.56 Å². The lowest BCUT2D eigenvalue weighted by atomic mass is 10.0. The van der Waals surface area contributed by atoms with Gasteiger partial charge in [-0.05, 0) is 66.2 Å². The van der Waals surface area contributed by atoms with E-state index in [1.807, 2.05) is 20.8 Å². The Balaban J connectivity index is 2.93. The summed E-state index contributed by atoms with van der Waals surface area (Å²) >= 11 is 0. The van der Waals surface area contributed by atoms with Crippen molar-refractivity contribution in [2.45, 2.75) is 78.2 Å². The third-order valence-electron chi connectivity index (χ3n) is 3.52. The number of hydrogen-bond donors (Lipinski definition) is 3. The maximum absolute atomic E-state index is 12.5. The van der Waals surface area contributed by atoms with Crippen LogP contribution in [0.4, 0.5) is 4.79 Å². The summed E-state index contributed by atoms with van der Waals surface area (Å²) in [4.78, 5) is 35.7. The lowest BCUT2D eigenvalue weighted by Crippen LogP contribution is -2.52. The van der Waals surface area contributed by atoms with E-state index in [2.05, 4.69) is 10.6 Å². The first kappa shape index (κ1) is 24.3. The number of amides is 2. The van der Waals surface area contributed by atoms with Crippen molar-refractivity contribution < 1.29 is 29.0 Å². The Bertz CT molecular complexity index is 716. The highest BCUT2D eigenvalue weighted by atomic mass is 16.6. The number of nitrogens with one attached hydrogen (secondary N) is 2. The molecule has 3 N–H and O–H groups in total. The summed E-state index contributed by atoms with van der Waals surface area (Å²) < 4.78 is 11.0. The van der Waals surface area contributed by atoms with Crippen LogP contribution in [0.25, 0.3) is 0 Å². The van der Waals surface area contributed by atoms with Crippen LogP contribution in [0, 0.1) is 0 Å². The number of aliphatic carboxylic acids is 1. The van der Waals surface area contributed by atoms with Crippen molar-refractivity contribution in [1.29, 1.82) is 0 Å². The van der Waals surface area contributed by atoms with E-state index in [1.54, 1.807) is 45.0 Å². The predicted octanol–water partition coefficient (Wildman–Crippen LogP) is 2.89. The Morgan fingerprint density at radius 2 is 1.52 bits per heavy atom. The highest BCUT2D eigenvalue weighted by Gasteiger charge is 2.27. The fourth-order valence-electron chi connectivity index (χ4n) is 2.32. The Labute approximate surface area is 172 Å². The minimum atomic E-state index is -1.17. The van der Waals surface area contributed by atoms with Crippen molar-refractivity contribution in [3.05, 3.63) is 29.8 Å². The summed E-state index contributed by atoms with van der Waals surface area (Å²) in [6, 6.07) is 5.05. The fourth-order valence-corrected chi connectivity index (χ4v) is 2.32. The predicted molar refractivity (Wildman–Crippen MR) is 109 cm³/mol. The van der Waals surface area contributed by atoms with Gasteiger partial charge in [0.05, 0.1) is 0 Å². The van der Waals surface area contributed by atoms with E-state index >= 15 is 0 Å². The Morgan fingerprint density at radius 3 is 1.97 bits per heavy atom. The number of hydrogen-bond acceptors (Lipinski definition) is 5. The number of rotatable bonds is 7. The number of benzene rings is 1. The number of alkyl carbamates (subject to hydrolysis) is 1. The van der Waals surface area contributed by atoms with Crippen molar-refractivity contribution in [3.63, 3.8) is 0 Å².